The molecule has 0 heterocycles. The summed E-state index contributed by atoms with van der Waals surface area (Å²) in [4.78, 5) is 11.7. The first-order valence-corrected chi connectivity index (χ1v) is 5.17. The van der Waals surface area contributed by atoms with Gasteiger partial charge in [0.2, 0.25) is 0 Å². The topological polar surface area (TPSA) is 61.5 Å². The Morgan fingerprint density at radius 3 is 2.88 bits per heavy atom. The first-order valence-electron chi connectivity index (χ1n) is 4.79. The van der Waals surface area contributed by atoms with Crippen LogP contribution in [0.15, 0.2) is 18.2 Å². The van der Waals surface area contributed by atoms with Crippen molar-refractivity contribution >= 4 is 23.3 Å². The molecule has 0 bridgehead atoms. The number of hydrogen-bond donors (Lipinski definition) is 1. The summed E-state index contributed by atoms with van der Waals surface area (Å²) < 4.78 is 9.97. The van der Waals surface area contributed by atoms with Gasteiger partial charge < -0.3 is 15.2 Å². The molecule has 0 amide bonds. The molecule has 0 saturated carbocycles. The molecule has 1 aromatic carbocycles. The number of benzene rings is 1. The molecular weight excluding hydrogens is 230 g/mol. The Balaban J connectivity index is 2.76. The lowest BCUT2D eigenvalue weighted by Crippen LogP contribution is -2.20. The summed E-state index contributed by atoms with van der Waals surface area (Å²) in [5, 5.41) is 0.445. The molecule has 0 fully saturated rings. The summed E-state index contributed by atoms with van der Waals surface area (Å²) in [5.41, 5.74) is 6.27. The monoisotopic (exact) mass is 243 g/mol. The fraction of sp³-hybridized carbons (Fsp3) is 0.364. The van der Waals surface area contributed by atoms with Crippen molar-refractivity contribution in [3.63, 3.8) is 0 Å². The van der Waals surface area contributed by atoms with Crippen LogP contribution in [0.3, 0.4) is 0 Å². The van der Waals surface area contributed by atoms with E-state index in [-0.39, 0.29) is 11.7 Å². The Morgan fingerprint density at radius 2 is 2.25 bits per heavy atom. The summed E-state index contributed by atoms with van der Waals surface area (Å²) >= 11 is 5.77. The molecule has 0 spiro atoms. The van der Waals surface area contributed by atoms with Gasteiger partial charge in [-0.25, -0.2) is 4.79 Å². The van der Waals surface area contributed by atoms with Crippen LogP contribution in [-0.2, 0) is 9.47 Å². The van der Waals surface area contributed by atoms with Gasteiger partial charge in [0.25, 0.3) is 0 Å². The third kappa shape index (κ3) is 3.40. The van der Waals surface area contributed by atoms with Crippen LogP contribution >= 0.6 is 11.6 Å². The van der Waals surface area contributed by atoms with E-state index in [1.807, 2.05) is 0 Å². The molecule has 1 rings (SSSR count). The van der Waals surface area contributed by atoms with E-state index in [1.54, 1.807) is 19.1 Å². The second kappa shape index (κ2) is 5.72. The zero-order valence-electron chi connectivity index (χ0n) is 9.20. The fourth-order valence-electron chi connectivity index (χ4n) is 1.22. The first kappa shape index (κ1) is 12.8. The van der Waals surface area contributed by atoms with Gasteiger partial charge in [-0.2, -0.15) is 0 Å². The van der Waals surface area contributed by atoms with Crippen molar-refractivity contribution in [1.29, 1.82) is 0 Å². The number of halogens is 1. The number of methoxy groups -OCH3 is 1. The number of hydrogen-bond acceptors (Lipinski definition) is 4. The highest BCUT2D eigenvalue weighted by molar-refractivity contribution is 6.31. The quantitative estimate of drug-likeness (QED) is 0.650. The van der Waals surface area contributed by atoms with Gasteiger partial charge in [-0.15, -0.1) is 0 Å². The molecule has 0 aliphatic rings. The lowest BCUT2D eigenvalue weighted by molar-refractivity contribution is 0.0121. The smallest absolute Gasteiger partial charge is 0.340 e. The van der Waals surface area contributed by atoms with Gasteiger partial charge in [-0.1, -0.05) is 11.6 Å². The highest BCUT2D eigenvalue weighted by Crippen LogP contribution is 2.19. The van der Waals surface area contributed by atoms with Crippen LogP contribution in [0, 0.1) is 0 Å². The minimum atomic E-state index is -0.496. The number of ether oxygens (including phenoxy) is 2. The van der Waals surface area contributed by atoms with Crippen LogP contribution in [-0.4, -0.2) is 25.8 Å². The van der Waals surface area contributed by atoms with Gasteiger partial charge >= 0.3 is 5.97 Å². The molecular formula is C11H14ClNO3. The predicted molar refractivity (Wildman–Crippen MR) is 62.6 cm³/mol. The van der Waals surface area contributed by atoms with Gasteiger partial charge in [-0.3, -0.25) is 0 Å². The average Bonchev–Trinajstić information content (AvgIpc) is 2.21. The number of carbonyl (C=O) groups is 1. The lowest BCUT2D eigenvalue weighted by Gasteiger charge is -2.13. The SMILES string of the molecule is COCC(C)OC(=O)c1cc(Cl)ccc1N. The van der Waals surface area contributed by atoms with Crippen molar-refractivity contribution < 1.29 is 14.3 Å². The maximum Gasteiger partial charge on any atom is 0.340 e. The summed E-state index contributed by atoms with van der Waals surface area (Å²) in [5.74, 6) is -0.496. The molecule has 0 saturated heterocycles. The maximum atomic E-state index is 11.7. The molecule has 4 nitrogen and oxygen atoms in total. The standard InChI is InChI=1S/C11H14ClNO3/c1-7(6-15-2)16-11(14)9-5-8(12)3-4-10(9)13/h3-5,7H,6,13H2,1-2H3. The van der Waals surface area contributed by atoms with E-state index in [4.69, 9.17) is 26.8 Å². The third-order valence-corrected chi connectivity index (χ3v) is 2.18. The van der Waals surface area contributed by atoms with Crippen LogP contribution in [0.5, 0.6) is 0 Å². The van der Waals surface area contributed by atoms with E-state index in [1.165, 1.54) is 13.2 Å². The van der Waals surface area contributed by atoms with Crippen LogP contribution in [0.4, 0.5) is 5.69 Å². The highest BCUT2D eigenvalue weighted by atomic mass is 35.5. The molecule has 0 aliphatic carbocycles. The summed E-state index contributed by atoms with van der Waals surface area (Å²) in [7, 11) is 1.54. The molecule has 1 atom stereocenters. The van der Waals surface area contributed by atoms with E-state index >= 15 is 0 Å². The Kier molecular flexibility index (Phi) is 4.58. The Bertz CT molecular complexity index is 381. The van der Waals surface area contributed by atoms with Crippen LogP contribution in [0.2, 0.25) is 5.02 Å². The molecule has 16 heavy (non-hydrogen) atoms. The van der Waals surface area contributed by atoms with Gasteiger partial charge in [0.1, 0.15) is 6.10 Å². The largest absolute Gasteiger partial charge is 0.457 e. The van der Waals surface area contributed by atoms with Crippen LogP contribution in [0.25, 0.3) is 0 Å². The number of nitrogens with two attached hydrogens (primary N) is 1. The van der Waals surface area contributed by atoms with Crippen molar-refractivity contribution in [3.8, 4) is 0 Å². The summed E-state index contributed by atoms with van der Waals surface area (Å²) in [6.07, 6.45) is -0.323. The van der Waals surface area contributed by atoms with E-state index in [0.717, 1.165) is 0 Å². The lowest BCUT2D eigenvalue weighted by atomic mass is 10.2. The maximum absolute atomic E-state index is 11.7. The van der Waals surface area contributed by atoms with Crippen molar-refractivity contribution in [2.24, 2.45) is 0 Å². The van der Waals surface area contributed by atoms with Gasteiger partial charge in [0.15, 0.2) is 0 Å². The summed E-state index contributed by atoms with van der Waals surface area (Å²) in [6, 6.07) is 4.67. The van der Waals surface area contributed by atoms with E-state index in [0.29, 0.717) is 17.3 Å². The van der Waals surface area contributed by atoms with Gasteiger partial charge in [0.05, 0.1) is 12.2 Å². The highest BCUT2D eigenvalue weighted by Gasteiger charge is 2.15. The third-order valence-electron chi connectivity index (χ3n) is 1.94. The van der Waals surface area contributed by atoms with Gasteiger partial charge in [-0.05, 0) is 25.1 Å². The second-order valence-electron chi connectivity index (χ2n) is 3.40. The summed E-state index contributed by atoms with van der Waals surface area (Å²) in [6.45, 7) is 2.08. The fourth-order valence-corrected chi connectivity index (χ4v) is 1.39. The normalized spacial score (nSPS) is 12.2. The molecule has 1 aromatic rings. The molecule has 88 valence electrons. The van der Waals surface area contributed by atoms with E-state index in [2.05, 4.69) is 0 Å². The zero-order valence-corrected chi connectivity index (χ0v) is 9.95. The van der Waals surface area contributed by atoms with E-state index < -0.39 is 5.97 Å². The molecule has 0 radical (unpaired) electrons. The predicted octanol–water partition coefficient (Wildman–Crippen LogP) is 2.11. The van der Waals surface area contributed by atoms with Crippen molar-refractivity contribution in [2.75, 3.05) is 19.5 Å². The zero-order chi connectivity index (χ0) is 12.1. The Hall–Kier alpha value is -1.26. The van der Waals surface area contributed by atoms with Crippen molar-refractivity contribution in [1.82, 2.24) is 0 Å². The minimum absolute atomic E-state index is 0.274. The Labute approximate surface area is 99.3 Å². The first-order chi connectivity index (χ1) is 7.54. The molecule has 5 heteroatoms. The number of carbonyl (C=O) groups excluding carboxylic acids is 1. The number of anilines is 1. The number of rotatable bonds is 4. The van der Waals surface area contributed by atoms with Crippen LogP contribution < -0.4 is 5.73 Å². The van der Waals surface area contributed by atoms with Crippen LogP contribution in [0.1, 0.15) is 17.3 Å². The molecule has 0 aromatic heterocycles. The minimum Gasteiger partial charge on any atom is -0.457 e. The van der Waals surface area contributed by atoms with Crippen molar-refractivity contribution in [3.05, 3.63) is 28.8 Å². The molecule has 1 unspecified atom stereocenters. The molecule has 0 aliphatic heterocycles. The van der Waals surface area contributed by atoms with E-state index in [9.17, 15) is 4.79 Å². The number of esters is 1. The average molecular weight is 244 g/mol. The molecule has 2 N–H and O–H groups in total. The second-order valence-corrected chi connectivity index (χ2v) is 3.84. The van der Waals surface area contributed by atoms with Crippen molar-refractivity contribution in [2.45, 2.75) is 13.0 Å². The van der Waals surface area contributed by atoms with Gasteiger partial charge in [0, 0.05) is 17.8 Å². The Morgan fingerprint density at radius 1 is 1.56 bits per heavy atom. The number of nitrogen functional groups attached to an aromatic ring is 1.